The summed E-state index contributed by atoms with van der Waals surface area (Å²) in [7, 11) is 2.70. The lowest BCUT2D eigenvalue weighted by molar-refractivity contribution is -0.270. The number of ether oxygens (including phenoxy) is 4. The summed E-state index contributed by atoms with van der Waals surface area (Å²) in [5, 5.41) is 10.9. The molecule has 1 aromatic heterocycles. The number of aliphatic hydroxyl groups is 1. The summed E-state index contributed by atoms with van der Waals surface area (Å²) in [6.07, 6.45) is -6.95. The molecule has 1 fully saturated rings. The molecule has 0 spiro atoms. The molecule has 0 radical (unpaired) electrons. The zero-order valence-corrected chi connectivity index (χ0v) is 21.5. The molecule has 1 atom stereocenters. The quantitative estimate of drug-likeness (QED) is 0.268. The average molecular weight is 550 g/mol. The van der Waals surface area contributed by atoms with Crippen molar-refractivity contribution in [1.82, 2.24) is 4.98 Å². The van der Waals surface area contributed by atoms with Crippen LogP contribution in [0.3, 0.4) is 0 Å². The Morgan fingerprint density at radius 2 is 1.72 bits per heavy atom. The van der Waals surface area contributed by atoms with Crippen molar-refractivity contribution in [3.8, 4) is 28.5 Å². The van der Waals surface area contributed by atoms with Gasteiger partial charge in [-0.1, -0.05) is 0 Å². The Balaban J connectivity index is 1.61. The summed E-state index contributed by atoms with van der Waals surface area (Å²) in [5.41, 5.74) is -3.52. The van der Waals surface area contributed by atoms with Crippen molar-refractivity contribution in [1.29, 1.82) is 0 Å². The molecule has 1 saturated heterocycles. The molecular weight excluding hydrogens is 522 g/mol. The van der Waals surface area contributed by atoms with E-state index in [2.05, 4.69) is 4.98 Å². The maximum absolute atomic E-state index is 14.3. The molecule has 1 N–H and O–H groups in total. The average Bonchev–Trinajstić information content (AvgIpc) is 2.89. The molecule has 1 aliphatic rings. The number of pyridine rings is 1. The SMILES string of the molecule is COc1cc(C(=O)CCC(O)(c2ccc(OC)c(-c3ccc(F)c(C)c3)n2)C(F)(F)F)ccc1OC1COC1. The third kappa shape index (κ3) is 5.84. The van der Waals surface area contributed by atoms with E-state index >= 15 is 0 Å². The molecule has 1 unspecified atom stereocenters. The van der Waals surface area contributed by atoms with Gasteiger partial charge in [0.2, 0.25) is 5.60 Å². The van der Waals surface area contributed by atoms with Gasteiger partial charge in [-0.3, -0.25) is 4.79 Å². The number of alkyl halides is 3. The predicted molar refractivity (Wildman–Crippen MR) is 133 cm³/mol. The summed E-state index contributed by atoms with van der Waals surface area (Å²) >= 11 is 0. The van der Waals surface area contributed by atoms with Crippen LogP contribution in [-0.2, 0) is 10.3 Å². The molecular formula is C28H27F4NO6. The molecule has 0 saturated carbocycles. The smallest absolute Gasteiger partial charge is 0.422 e. The highest BCUT2D eigenvalue weighted by molar-refractivity contribution is 5.96. The highest BCUT2D eigenvalue weighted by Crippen LogP contribution is 2.44. The Bertz CT molecular complexity index is 1360. The monoisotopic (exact) mass is 549 g/mol. The number of ketones is 1. The molecule has 39 heavy (non-hydrogen) atoms. The molecule has 2 aromatic carbocycles. The number of rotatable bonds is 10. The largest absolute Gasteiger partial charge is 0.494 e. The van der Waals surface area contributed by atoms with Gasteiger partial charge in [-0.05, 0) is 67.4 Å². The van der Waals surface area contributed by atoms with E-state index in [1.165, 1.54) is 57.5 Å². The van der Waals surface area contributed by atoms with Gasteiger partial charge in [-0.2, -0.15) is 13.2 Å². The second-order valence-corrected chi connectivity index (χ2v) is 9.14. The van der Waals surface area contributed by atoms with Crippen molar-refractivity contribution in [3.63, 3.8) is 0 Å². The first-order valence-corrected chi connectivity index (χ1v) is 12.0. The summed E-state index contributed by atoms with van der Waals surface area (Å²) in [5.74, 6) is -0.381. The Labute approximate surface area is 222 Å². The molecule has 7 nitrogen and oxygen atoms in total. The highest BCUT2D eigenvalue weighted by atomic mass is 19.4. The number of benzene rings is 2. The van der Waals surface area contributed by atoms with E-state index in [-0.39, 0.29) is 34.4 Å². The molecule has 3 aromatic rings. The topological polar surface area (TPSA) is 87.1 Å². The van der Waals surface area contributed by atoms with Gasteiger partial charge in [-0.25, -0.2) is 9.37 Å². The van der Waals surface area contributed by atoms with Crippen molar-refractivity contribution in [3.05, 3.63) is 71.2 Å². The van der Waals surface area contributed by atoms with Crippen molar-refractivity contribution < 1.29 is 46.4 Å². The van der Waals surface area contributed by atoms with Gasteiger partial charge in [0.1, 0.15) is 23.4 Å². The van der Waals surface area contributed by atoms with Crippen LogP contribution in [0.2, 0.25) is 0 Å². The number of halogens is 4. The van der Waals surface area contributed by atoms with Gasteiger partial charge in [0.25, 0.3) is 0 Å². The fourth-order valence-corrected chi connectivity index (χ4v) is 4.09. The number of nitrogens with zero attached hydrogens (tertiary/aromatic N) is 1. The zero-order valence-electron chi connectivity index (χ0n) is 21.5. The Hall–Kier alpha value is -3.70. The van der Waals surface area contributed by atoms with Crippen LogP contribution in [-0.4, -0.2) is 55.6 Å². The predicted octanol–water partition coefficient (Wildman–Crippen LogP) is 5.40. The van der Waals surface area contributed by atoms with E-state index in [1.807, 2.05) is 0 Å². The summed E-state index contributed by atoms with van der Waals surface area (Å²) in [4.78, 5) is 17.0. The molecule has 11 heteroatoms. The third-order valence-corrected chi connectivity index (χ3v) is 6.50. The highest BCUT2D eigenvalue weighted by Gasteiger charge is 2.56. The maximum atomic E-state index is 14.3. The number of hydrogen-bond acceptors (Lipinski definition) is 7. The van der Waals surface area contributed by atoms with E-state index in [0.717, 1.165) is 12.1 Å². The van der Waals surface area contributed by atoms with Gasteiger partial charge >= 0.3 is 6.18 Å². The van der Waals surface area contributed by atoms with Crippen LogP contribution in [0.5, 0.6) is 17.2 Å². The van der Waals surface area contributed by atoms with E-state index in [4.69, 9.17) is 18.9 Å². The van der Waals surface area contributed by atoms with E-state index in [0.29, 0.717) is 24.5 Å². The number of carbonyl (C=O) groups is 1. The van der Waals surface area contributed by atoms with Crippen molar-refractivity contribution >= 4 is 5.78 Å². The normalized spacial score (nSPS) is 15.3. The van der Waals surface area contributed by atoms with Crippen LogP contribution in [0.15, 0.2) is 48.5 Å². The molecule has 208 valence electrons. The number of aryl methyl sites for hydroxylation is 1. The van der Waals surface area contributed by atoms with Gasteiger partial charge in [0, 0.05) is 17.5 Å². The molecule has 0 amide bonds. The van der Waals surface area contributed by atoms with Crippen LogP contribution in [0, 0.1) is 12.7 Å². The van der Waals surface area contributed by atoms with Gasteiger partial charge in [-0.15, -0.1) is 0 Å². The Kier molecular flexibility index (Phi) is 8.12. The lowest BCUT2D eigenvalue weighted by Crippen LogP contribution is -2.43. The van der Waals surface area contributed by atoms with Crippen molar-refractivity contribution in [2.75, 3.05) is 27.4 Å². The molecule has 0 bridgehead atoms. The molecule has 2 heterocycles. The minimum atomic E-state index is -5.16. The number of aromatic nitrogens is 1. The second kappa shape index (κ2) is 11.2. The van der Waals surface area contributed by atoms with Crippen molar-refractivity contribution in [2.45, 2.75) is 37.6 Å². The molecule has 4 rings (SSSR count). The van der Waals surface area contributed by atoms with E-state index in [9.17, 15) is 27.5 Å². The van der Waals surface area contributed by atoms with Gasteiger partial charge in [0.05, 0.1) is 33.1 Å². The first-order chi connectivity index (χ1) is 18.5. The lowest BCUT2D eigenvalue weighted by atomic mass is 9.89. The van der Waals surface area contributed by atoms with Crippen LogP contribution in [0.1, 0.15) is 34.5 Å². The third-order valence-electron chi connectivity index (χ3n) is 6.50. The summed E-state index contributed by atoms with van der Waals surface area (Å²) in [6.45, 7) is 2.34. The first kappa shape index (κ1) is 28.3. The van der Waals surface area contributed by atoms with Gasteiger partial charge < -0.3 is 24.1 Å². The fourth-order valence-electron chi connectivity index (χ4n) is 4.09. The number of hydrogen-bond donors (Lipinski definition) is 1. The summed E-state index contributed by atoms with van der Waals surface area (Å²) in [6, 6.07) is 10.5. The Morgan fingerprint density at radius 3 is 2.31 bits per heavy atom. The molecule has 0 aliphatic carbocycles. The zero-order chi connectivity index (χ0) is 28.4. The fraction of sp³-hybridized carbons (Fsp3) is 0.357. The second-order valence-electron chi connectivity index (χ2n) is 9.14. The van der Waals surface area contributed by atoms with Crippen LogP contribution in [0.4, 0.5) is 17.6 Å². The summed E-state index contributed by atoms with van der Waals surface area (Å²) < 4.78 is 77.9. The van der Waals surface area contributed by atoms with Crippen LogP contribution < -0.4 is 14.2 Å². The van der Waals surface area contributed by atoms with Crippen LogP contribution >= 0.6 is 0 Å². The number of carbonyl (C=O) groups excluding carboxylic acids is 1. The minimum absolute atomic E-state index is 0.00992. The number of Topliss-reactive ketones (excluding diaryl/α,β-unsaturated/α-hetero) is 1. The number of methoxy groups -OCH3 is 2. The maximum Gasteiger partial charge on any atom is 0.422 e. The van der Waals surface area contributed by atoms with Crippen molar-refractivity contribution in [2.24, 2.45) is 0 Å². The Morgan fingerprint density at radius 1 is 1.03 bits per heavy atom. The minimum Gasteiger partial charge on any atom is -0.494 e. The van der Waals surface area contributed by atoms with E-state index in [1.54, 1.807) is 0 Å². The first-order valence-electron chi connectivity index (χ1n) is 12.0. The van der Waals surface area contributed by atoms with Gasteiger partial charge in [0.15, 0.2) is 17.3 Å². The van der Waals surface area contributed by atoms with Crippen LogP contribution in [0.25, 0.3) is 11.3 Å². The standard InChI is InChI=1S/C28H27F4NO6/c1-16-12-18(4-6-20(16)29)26-23(36-2)8-9-25(33-26)27(35,28(30,31)32)11-10-21(34)17-5-7-22(24(13-17)37-3)39-19-14-38-15-19/h4-9,12-13,19,35H,10-11,14-15H2,1-3H3. The molecule has 1 aliphatic heterocycles. The van der Waals surface area contributed by atoms with E-state index < -0.39 is 41.9 Å². The lowest BCUT2D eigenvalue weighted by Gasteiger charge is -2.30.